The number of benzene rings is 2. The molecule has 0 saturated heterocycles. The normalized spacial score (nSPS) is 15.2. The van der Waals surface area contributed by atoms with E-state index in [-0.39, 0.29) is 26.7 Å². The van der Waals surface area contributed by atoms with Gasteiger partial charge in [-0.2, -0.15) is 0 Å². The van der Waals surface area contributed by atoms with Crippen molar-refractivity contribution in [3.63, 3.8) is 0 Å². The van der Waals surface area contributed by atoms with Crippen molar-refractivity contribution in [3.8, 4) is 0 Å². The molecule has 0 aromatic heterocycles. The molecule has 0 bridgehead atoms. The lowest BCUT2D eigenvalue weighted by atomic mass is 9.87. The Morgan fingerprint density at radius 1 is 1.04 bits per heavy atom. The number of rotatable bonds is 3. The number of carbonyl (C=O) groups is 2. The van der Waals surface area contributed by atoms with Crippen LogP contribution in [0.4, 0.5) is 5.69 Å². The molecule has 0 saturated carbocycles. The molecule has 0 aliphatic carbocycles. The Morgan fingerprint density at radius 3 is 2.22 bits per heavy atom. The van der Waals surface area contributed by atoms with Crippen LogP contribution in [0.3, 0.4) is 0 Å². The minimum atomic E-state index is -1.29. The van der Waals surface area contributed by atoms with Gasteiger partial charge in [0.1, 0.15) is 0 Å². The molecule has 3 rings (SSSR count). The number of fused-ring (bicyclic) bond motifs is 1. The molecule has 0 unspecified atom stereocenters. The third-order valence-electron chi connectivity index (χ3n) is 5.02. The average molecular weight is 404 g/mol. The number of ketones is 1. The highest BCUT2D eigenvalue weighted by molar-refractivity contribution is 6.39. The standard InChI is InChI=1S/C21H19Cl2NO3/c1-11-10-21(2,3)24(4)16-8-5-12(9-13(11)16)19(25)17-14(22)6-7-15(23)18(17)20(26)27/h5-10H,1-4H3,(H,26,27). The number of likely N-dealkylation sites (N-methyl/N-ethyl adjacent to an activating group) is 1. The van der Waals surface area contributed by atoms with Crippen LogP contribution in [0.25, 0.3) is 5.57 Å². The summed E-state index contributed by atoms with van der Waals surface area (Å²) in [5, 5.41) is 9.52. The number of hydrogen-bond donors (Lipinski definition) is 1. The number of carbonyl (C=O) groups excluding carboxylic acids is 1. The summed E-state index contributed by atoms with van der Waals surface area (Å²) in [6.45, 7) is 6.23. The van der Waals surface area contributed by atoms with Crippen molar-refractivity contribution >= 4 is 46.2 Å². The summed E-state index contributed by atoms with van der Waals surface area (Å²) in [6, 6.07) is 8.15. The van der Waals surface area contributed by atoms with Crippen LogP contribution >= 0.6 is 23.2 Å². The van der Waals surface area contributed by atoms with Crippen LogP contribution in [0.1, 0.15) is 52.6 Å². The highest BCUT2D eigenvalue weighted by atomic mass is 35.5. The van der Waals surface area contributed by atoms with E-state index in [9.17, 15) is 14.7 Å². The topological polar surface area (TPSA) is 57.6 Å². The Kier molecular flexibility index (Phi) is 4.83. The smallest absolute Gasteiger partial charge is 0.338 e. The molecule has 0 amide bonds. The number of carboxylic acid groups (broad SMARTS) is 1. The van der Waals surface area contributed by atoms with Gasteiger partial charge in [-0.1, -0.05) is 29.3 Å². The van der Waals surface area contributed by atoms with Crippen LogP contribution in [-0.4, -0.2) is 29.4 Å². The zero-order valence-electron chi connectivity index (χ0n) is 15.4. The van der Waals surface area contributed by atoms with E-state index in [1.165, 1.54) is 12.1 Å². The third-order valence-corrected chi connectivity index (χ3v) is 5.65. The number of allylic oxidation sites excluding steroid dienone is 1. The Balaban J connectivity index is 2.16. The van der Waals surface area contributed by atoms with Crippen LogP contribution in [0.2, 0.25) is 10.0 Å². The summed E-state index contributed by atoms with van der Waals surface area (Å²) in [5.74, 6) is -1.76. The maximum Gasteiger partial charge on any atom is 0.338 e. The SMILES string of the molecule is CC1=CC(C)(C)N(C)c2ccc(C(=O)c3c(Cl)ccc(Cl)c3C(=O)O)cc21. The second-order valence-corrected chi connectivity index (χ2v) is 8.00. The average Bonchev–Trinajstić information content (AvgIpc) is 2.60. The molecule has 1 aliphatic rings. The fourth-order valence-corrected chi connectivity index (χ4v) is 3.91. The van der Waals surface area contributed by atoms with Crippen molar-refractivity contribution in [1.29, 1.82) is 0 Å². The fraction of sp³-hybridized carbons (Fsp3) is 0.238. The van der Waals surface area contributed by atoms with Gasteiger partial charge in [0.05, 0.1) is 26.7 Å². The summed E-state index contributed by atoms with van der Waals surface area (Å²) < 4.78 is 0. The van der Waals surface area contributed by atoms with E-state index in [1.54, 1.807) is 12.1 Å². The summed E-state index contributed by atoms with van der Waals surface area (Å²) in [7, 11) is 2.00. The first kappa shape index (κ1) is 19.5. The van der Waals surface area contributed by atoms with Crippen LogP contribution in [-0.2, 0) is 0 Å². The quantitative estimate of drug-likeness (QED) is 0.681. The molecular weight excluding hydrogens is 385 g/mol. The minimum absolute atomic E-state index is 0.0224. The van der Waals surface area contributed by atoms with Crippen molar-refractivity contribution in [2.75, 3.05) is 11.9 Å². The highest BCUT2D eigenvalue weighted by Crippen LogP contribution is 2.39. The molecule has 140 valence electrons. The highest BCUT2D eigenvalue weighted by Gasteiger charge is 2.30. The van der Waals surface area contributed by atoms with Gasteiger partial charge in [0, 0.05) is 23.9 Å². The van der Waals surface area contributed by atoms with Crippen LogP contribution in [0.15, 0.2) is 36.4 Å². The van der Waals surface area contributed by atoms with Gasteiger partial charge < -0.3 is 10.0 Å². The van der Waals surface area contributed by atoms with Gasteiger partial charge in [-0.3, -0.25) is 4.79 Å². The molecule has 0 atom stereocenters. The van der Waals surface area contributed by atoms with E-state index in [1.807, 2.05) is 20.0 Å². The van der Waals surface area contributed by atoms with Crippen molar-refractivity contribution < 1.29 is 14.7 Å². The maximum atomic E-state index is 13.1. The molecule has 2 aromatic carbocycles. The number of anilines is 1. The summed E-state index contributed by atoms with van der Waals surface area (Å²) in [5.41, 5.74) is 2.83. The number of aromatic carboxylic acids is 1. The molecule has 27 heavy (non-hydrogen) atoms. The van der Waals surface area contributed by atoms with E-state index in [2.05, 4.69) is 24.8 Å². The second-order valence-electron chi connectivity index (χ2n) is 7.19. The lowest BCUT2D eigenvalue weighted by Crippen LogP contribution is -2.42. The zero-order valence-corrected chi connectivity index (χ0v) is 16.9. The van der Waals surface area contributed by atoms with Crippen molar-refractivity contribution in [3.05, 3.63) is 68.7 Å². The van der Waals surface area contributed by atoms with Crippen molar-refractivity contribution in [1.82, 2.24) is 0 Å². The van der Waals surface area contributed by atoms with Gasteiger partial charge in [-0.15, -0.1) is 0 Å². The lowest BCUT2D eigenvalue weighted by molar-refractivity contribution is 0.0693. The summed E-state index contributed by atoms with van der Waals surface area (Å²) in [4.78, 5) is 26.9. The number of halogens is 2. The Bertz CT molecular complexity index is 1010. The van der Waals surface area contributed by atoms with Gasteiger partial charge in [-0.05, 0) is 56.7 Å². The van der Waals surface area contributed by atoms with Gasteiger partial charge in [-0.25, -0.2) is 4.79 Å². The largest absolute Gasteiger partial charge is 0.478 e. The van der Waals surface area contributed by atoms with Crippen molar-refractivity contribution in [2.45, 2.75) is 26.3 Å². The van der Waals surface area contributed by atoms with E-state index < -0.39 is 11.8 Å². The molecule has 4 nitrogen and oxygen atoms in total. The monoisotopic (exact) mass is 403 g/mol. The molecule has 1 aliphatic heterocycles. The zero-order chi connectivity index (χ0) is 20.1. The first-order chi connectivity index (χ1) is 12.5. The first-order valence-electron chi connectivity index (χ1n) is 8.38. The van der Waals surface area contributed by atoms with Gasteiger partial charge in [0.2, 0.25) is 0 Å². The summed E-state index contributed by atoms with van der Waals surface area (Å²) in [6.07, 6.45) is 2.14. The second kappa shape index (κ2) is 6.70. The van der Waals surface area contributed by atoms with Crippen LogP contribution in [0.5, 0.6) is 0 Å². The molecule has 1 N–H and O–H groups in total. The van der Waals surface area contributed by atoms with E-state index in [0.717, 1.165) is 16.8 Å². The first-order valence-corrected chi connectivity index (χ1v) is 9.14. The molecule has 6 heteroatoms. The number of carboxylic acids is 1. The molecular formula is C21H19Cl2NO3. The van der Waals surface area contributed by atoms with Crippen LogP contribution in [0, 0.1) is 0 Å². The van der Waals surface area contributed by atoms with E-state index in [4.69, 9.17) is 23.2 Å². The molecule has 1 heterocycles. The maximum absolute atomic E-state index is 13.1. The Morgan fingerprint density at radius 2 is 1.63 bits per heavy atom. The van der Waals surface area contributed by atoms with Crippen molar-refractivity contribution in [2.24, 2.45) is 0 Å². The van der Waals surface area contributed by atoms with Gasteiger partial charge in [0.15, 0.2) is 5.78 Å². The molecule has 0 spiro atoms. The molecule has 0 fully saturated rings. The predicted octanol–water partition coefficient (Wildman–Crippen LogP) is 5.55. The van der Waals surface area contributed by atoms with Crippen LogP contribution < -0.4 is 4.90 Å². The third kappa shape index (κ3) is 3.24. The van der Waals surface area contributed by atoms with Gasteiger partial charge in [0.25, 0.3) is 0 Å². The fourth-order valence-electron chi connectivity index (χ4n) is 3.43. The predicted molar refractivity (Wildman–Crippen MR) is 109 cm³/mol. The minimum Gasteiger partial charge on any atom is -0.478 e. The number of hydrogen-bond acceptors (Lipinski definition) is 3. The lowest BCUT2D eigenvalue weighted by Gasteiger charge is -2.40. The van der Waals surface area contributed by atoms with E-state index >= 15 is 0 Å². The van der Waals surface area contributed by atoms with E-state index in [0.29, 0.717) is 5.56 Å². The Labute approximate surface area is 168 Å². The molecule has 2 aromatic rings. The Hall–Kier alpha value is -2.30. The number of nitrogens with zero attached hydrogens (tertiary/aromatic N) is 1. The van der Waals surface area contributed by atoms with Gasteiger partial charge >= 0.3 is 5.97 Å². The summed E-state index contributed by atoms with van der Waals surface area (Å²) >= 11 is 12.2. The molecule has 0 radical (unpaired) electrons.